The summed E-state index contributed by atoms with van der Waals surface area (Å²) in [6, 6.07) is 8.08. The molecule has 0 spiro atoms. The summed E-state index contributed by atoms with van der Waals surface area (Å²) in [6.45, 7) is 5.44. The fraction of sp³-hybridized carbons (Fsp3) is 0.438. The number of H-pyrrole nitrogens is 1. The van der Waals surface area contributed by atoms with E-state index < -0.39 is 0 Å². The Kier molecular flexibility index (Phi) is 3.74. The van der Waals surface area contributed by atoms with E-state index in [-0.39, 0.29) is 5.91 Å². The van der Waals surface area contributed by atoms with Gasteiger partial charge in [-0.1, -0.05) is 13.0 Å². The number of carbonyl (C=O) groups is 1. The fourth-order valence-corrected chi connectivity index (χ4v) is 2.94. The number of likely N-dealkylation sites (tertiary alicyclic amines) is 1. The van der Waals surface area contributed by atoms with Gasteiger partial charge in [0.15, 0.2) is 0 Å². The highest BCUT2D eigenvalue weighted by atomic mass is 16.1. The van der Waals surface area contributed by atoms with Crippen LogP contribution in [0.15, 0.2) is 30.5 Å². The van der Waals surface area contributed by atoms with Gasteiger partial charge in [0.25, 0.3) is 5.91 Å². The summed E-state index contributed by atoms with van der Waals surface area (Å²) >= 11 is 0. The van der Waals surface area contributed by atoms with E-state index in [4.69, 9.17) is 0 Å². The molecule has 1 saturated heterocycles. The smallest absolute Gasteiger partial charge is 0.252 e. The van der Waals surface area contributed by atoms with Gasteiger partial charge in [-0.3, -0.25) is 4.79 Å². The lowest BCUT2D eigenvalue weighted by molar-refractivity contribution is 0.0914. The quantitative estimate of drug-likeness (QED) is 0.900. The lowest BCUT2D eigenvalue weighted by Crippen LogP contribution is -2.44. The zero-order valence-electron chi connectivity index (χ0n) is 11.9. The number of carbonyl (C=O) groups excluding carboxylic acids is 1. The zero-order chi connectivity index (χ0) is 13.9. The van der Waals surface area contributed by atoms with E-state index in [0.717, 1.165) is 48.9 Å². The molecule has 3 rings (SSSR count). The molecule has 2 heterocycles. The number of aromatic nitrogens is 1. The molecule has 0 atom stereocenters. The van der Waals surface area contributed by atoms with Gasteiger partial charge in [-0.2, -0.15) is 0 Å². The van der Waals surface area contributed by atoms with Crippen molar-refractivity contribution in [2.75, 3.05) is 19.6 Å². The van der Waals surface area contributed by atoms with E-state index in [1.165, 1.54) is 0 Å². The minimum Gasteiger partial charge on any atom is -0.361 e. The first-order valence-electron chi connectivity index (χ1n) is 7.37. The first-order chi connectivity index (χ1) is 9.78. The van der Waals surface area contributed by atoms with Crippen LogP contribution >= 0.6 is 0 Å². The summed E-state index contributed by atoms with van der Waals surface area (Å²) in [4.78, 5) is 18.0. The van der Waals surface area contributed by atoms with Crippen molar-refractivity contribution in [2.24, 2.45) is 0 Å². The maximum Gasteiger partial charge on any atom is 0.252 e. The van der Waals surface area contributed by atoms with Gasteiger partial charge in [0.05, 0.1) is 0 Å². The highest BCUT2D eigenvalue weighted by Gasteiger charge is 2.20. The van der Waals surface area contributed by atoms with Gasteiger partial charge in [0, 0.05) is 41.8 Å². The first kappa shape index (κ1) is 13.2. The molecule has 0 bridgehead atoms. The predicted molar refractivity (Wildman–Crippen MR) is 80.9 cm³/mol. The normalized spacial score (nSPS) is 17.4. The second-order valence-electron chi connectivity index (χ2n) is 5.43. The third-order valence-corrected chi connectivity index (χ3v) is 4.21. The van der Waals surface area contributed by atoms with Crippen LogP contribution in [-0.2, 0) is 0 Å². The van der Waals surface area contributed by atoms with Crippen LogP contribution in [0.4, 0.5) is 0 Å². The topological polar surface area (TPSA) is 48.1 Å². The van der Waals surface area contributed by atoms with Crippen molar-refractivity contribution in [3.63, 3.8) is 0 Å². The molecule has 1 fully saturated rings. The summed E-state index contributed by atoms with van der Waals surface area (Å²) < 4.78 is 0. The maximum absolute atomic E-state index is 12.4. The van der Waals surface area contributed by atoms with E-state index >= 15 is 0 Å². The molecule has 4 heteroatoms. The molecule has 106 valence electrons. The minimum atomic E-state index is 0.0464. The summed E-state index contributed by atoms with van der Waals surface area (Å²) in [7, 11) is 0. The van der Waals surface area contributed by atoms with Gasteiger partial charge in [0.1, 0.15) is 0 Å². The molecule has 1 aliphatic rings. The minimum absolute atomic E-state index is 0.0464. The zero-order valence-corrected chi connectivity index (χ0v) is 11.9. The number of fused-ring (bicyclic) bond motifs is 1. The maximum atomic E-state index is 12.4. The van der Waals surface area contributed by atoms with Crippen LogP contribution in [0.25, 0.3) is 10.9 Å². The molecule has 0 unspecified atom stereocenters. The van der Waals surface area contributed by atoms with Gasteiger partial charge < -0.3 is 15.2 Å². The monoisotopic (exact) mass is 271 g/mol. The average Bonchev–Trinajstić information content (AvgIpc) is 2.96. The van der Waals surface area contributed by atoms with E-state index in [2.05, 4.69) is 22.1 Å². The molecule has 20 heavy (non-hydrogen) atoms. The van der Waals surface area contributed by atoms with E-state index in [1.54, 1.807) is 0 Å². The van der Waals surface area contributed by atoms with E-state index in [9.17, 15) is 4.79 Å². The number of piperidine rings is 1. The van der Waals surface area contributed by atoms with Gasteiger partial charge in [-0.05, 0) is 37.6 Å². The molecular formula is C16H21N3O. The van der Waals surface area contributed by atoms with Crippen LogP contribution in [0.1, 0.15) is 30.1 Å². The third-order valence-electron chi connectivity index (χ3n) is 4.21. The fourth-order valence-electron chi connectivity index (χ4n) is 2.94. The van der Waals surface area contributed by atoms with Crippen LogP contribution in [0.5, 0.6) is 0 Å². The van der Waals surface area contributed by atoms with Crippen molar-refractivity contribution in [3.05, 3.63) is 36.0 Å². The Labute approximate surface area is 119 Å². The van der Waals surface area contributed by atoms with Crippen LogP contribution in [0.3, 0.4) is 0 Å². The first-order valence-corrected chi connectivity index (χ1v) is 7.37. The molecule has 4 nitrogen and oxygen atoms in total. The summed E-state index contributed by atoms with van der Waals surface area (Å²) in [5.41, 5.74) is 1.78. The van der Waals surface area contributed by atoms with Crippen LogP contribution < -0.4 is 5.32 Å². The average molecular weight is 271 g/mol. The highest BCUT2D eigenvalue weighted by Crippen LogP contribution is 2.18. The largest absolute Gasteiger partial charge is 0.361 e. The molecule has 1 aliphatic heterocycles. The predicted octanol–water partition coefficient (Wildman–Crippen LogP) is 2.38. The second-order valence-corrected chi connectivity index (χ2v) is 5.43. The molecule has 2 N–H and O–H groups in total. The van der Waals surface area contributed by atoms with Crippen LogP contribution in [-0.4, -0.2) is 41.5 Å². The van der Waals surface area contributed by atoms with Crippen molar-refractivity contribution < 1.29 is 4.79 Å². The van der Waals surface area contributed by atoms with E-state index in [0.29, 0.717) is 6.04 Å². The standard InChI is InChI=1S/C16H21N3O/c1-2-19-10-7-12(8-11-19)18-16(20)14-4-3-5-15-13(14)6-9-17-15/h3-6,9,12,17H,2,7-8,10-11H2,1H3,(H,18,20). The van der Waals surface area contributed by atoms with Crippen LogP contribution in [0.2, 0.25) is 0 Å². The van der Waals surface area contributed by atoms with Crippen molar-refractivity contribution >= 4 is 16.8 Å². The SMILES string of the molecule is CCN1CCC(NC(=O)c2cccc3[nH]ccc23)CC1. The van der Waals surface area contributed by atoms with Crippen molar-refractivity contribution in [3.8, 4) is 0 Å². The van der Waals surface area contributed by atoms with Crippen molar-refractivity contribution in [2.45, 2.75) is 25.8 Å². The Morgan fingerprint density at radius 1 is 1.35 bits per heavy atom. The van der Waals surface area contributed by atoms with Gasteiger partial charge >= 0.3 is 0 Å². The van der Waals surface area contributed by atoms with Crippen molar-refractivity contribution in [1.82, 2.24) is 15.2 Å². The molecule has 0 aliphatic carbocycles. The molecule has 1 amide bonds. The molecular weight excluding hydrogens is 250 g/mol. The van der Waals surface area contributed by atoms with Gasteiger partial charge in [0.2, 0.25) is 0 Å². The molecule has 0 radical (unpaired) electrons. The Morgan fingerprint density at radius 2 is 2.15 bits per heavy atom. The number of aromatic amines is 1. The molecule has 2 aromatic rings. The Hall–Kier alpha value is -1.81. The Balaban J connectivity index is 1.69. The lowest BCUT2D eigenvalue weighted by Gasteiger charge is -2.31. The number of rotatable bonds is 3. The number of nitrogens with zero attached hydrogens (tertiary/aromatic N) is 1. The van der Waals surface area contributed by atoms with Gasteiger partial charge in [-0.15, -0.1) is 0 Å². The number of hydrogen-bond acceptors (Lipinski definition) is 2. The third kappa shape index (κ3) is 2.56. The van der Waals surface area contributed by atoms with E-state index in [1.807, 2.05) is 30.5 Å². The van der Waals surface area contributed by atoms with Crippen molar-refractivity contribution in [1.29, 1.82) is 0 Å². The summed E-state index contributed by atoms with van der Waals surface area (Å²) in [5.74, 6) is 0.0464. The number of nitrogens with one attached hydrogen (secondary N) is 2. The molecule has 1 aromatic carbocycles. The number of benzene rings is 1. The number of amides is 1. The van der Waals surface area contributed by atoms with Crippen LogP contribution in [0, 0.1) is 0 Å². The van der Waals surface area contributed by atoms with Gasteiger partial charge in [-0.25, -0.2) is 0 Å². The Bertz CT molecular complexity index is 597. The highest BCUT2D eigenvalue weighted by molar-refractivity contribution is 6.06. The lowest BCUT2D eigenvalue weighted by atomic mass is 10.0. The summed E-state index contributed by atoms with van der Waals surface area (Å²) in [6.07, 6.45) is 3.96. The Morgan fingerprint density at radius 3 is 2.90 bits per heavy atom. The second kappa shape index (κ2) is 5.67. The molecule has 0 saturated carbocycles. The summed E-state index contributed by atoms with van der Waals surface area (Å²) in [5, 5.41) is 4.18. The number of hydrogen-bond donors (Lipinski definition) is 2. The molecule has 1 aromatic heterocycles.